The van der Waals surface area contributed by atoms with Gasteiger partial charge >= 0.3 is 12.4 Å². The Hall–Kier alpha value is -0.670. The molecule has 7 heavy (non-hydrogen) atoms. The van der Waals surface area contributed by atoms with Crippen LogP contribution in [0.3, 0.4) is 0 Å². The Labute approximate surface area is 39.8 Å². The molecule has 0 saturated heterocycles. The van der Waals surface area contributed by atoms with Gasteiger partial charge in [0.05, 0.1) is 0 Å². The molecule has 0 unspecified atom stereocenters. The van der Waals surface area contributed by atoms with Crippen LogP contribution in [-0.2, 0) is 4.79 Å². The fourth-order valence-corrected chi connectivity index (χ4v) is 0. The van der Waals surface area contributed by atoms with Crippen LogP contribution in [0.15, 0.2) is 0 Å². The van der Waals surface area contributed by atoms with E-state index in [2.05, 4.69) is 0 Å². The van der Waals surface area contributed by atoms with Crippen molar-refractivity contribution in [2.75, 3.05) is 0 Å². The van der Waals surface area contributed by atoms with Crippen LogP contribution in [0, 0.1) is 0 Å². The molecule has 0 saturated carbocycles. The number of rotatable bonds is 1. The summed E-state index contributed by atoms with van der Waals surface area (Å²) >= 11 is 0. The number of hydrogen-bond acceptors (Lipinski definition) is 1. The van der Waals surface area contributed by atoms with Gasteiger partial charge in [-0.2, -0.15) is 8.78 Å². The minimum Gasteiger partial charge on any atom is -0.477 e. The molecule has 0 spiro atoms. The lowest BCUT2D eigenvalue weighted by atomic mass is 10.7. The molecule has 0 fully saturated rings. The van der Waals surface area contributed by atoms with Gasteiger partial charge in [0, 0.05) is 0 Å². The minimum absolute atomic E-state index is 0. The van der Waals surface area contributed by atoms with Crippen molar-refractivity contribution in [1.29, 1.82) is 0 Å². The van der Waals surface area contributed by atoms with Crippen LogP contribution in [0.25, 0.3) is 0 Å². The molecule has 0 aromatic rings. The Morgan fingerprint density at radius 1 is 1.57 bits per heavy atom. The van der Waals surface area contributed by atoms with Crippen molar-refractivity contribution in [2.24, 2.45) is 0 Å². The lowest BCUT2D eigenvalue weighted by Crippen LogP contribution is -2.06. The molecule has 0 atom stereocenters. The number of aliphatic carboxylic acids is 1. The number of carbonyl (C=O) groups is 1. The van der Waals surface area contributed by atoms with Crippen molar-refractivity contribution in [3.63, 3.8) is 0 Å². The van der Waals surface area contributed by atoms with Gasteiger partial charge in [-0.05, 0) is 0 Å². The second kappa shape index (κ2) is 3.52. The van der Waals surface area contributed by atoms with E-state index in [-0.39, 0.29) is 7.43 Å². The molecule has 0 heterocycles. The Morgan fingerprint density at radius 3 is 1.71 bits per heavy atom. The first-order chi connectivity index (χ1) is 2.64. The first-order valence-electron chi connectivity index (χ1n) is 1.15. The third-order valence-corrected chi connectivity index (χ3v) is 0.187. The summed E-state index contributed by atoms with van der Waals surface area (Å²) in [7, 11) is 0. The summed E-state index contributed by atoms with van der Waals surface area (Å²) in [5.74, 6) is -2.07. The van der Waals surface area contributed by atoms with Crippen LogP contribution in [-0.4, -0.2) is 17.5 Å². The van der Waals surface area contributed by atoms with Crippen molar-refractivity contribution in [3.05, 3.63) is 0 Å². The van der Waals surface area contributed by atoms with E-state index in [1.54, 1.807) is 0 Å². The van der Waals surface area contributed by atoms with E-state index < -0.39 is 12.4 Å². The Kier molecular flexibility index (Phi) is 4.82. The predicted octanol–water partition coefficient (Wildman–Crippen LogP) is 0.972. The molecule has 0 aromatic carbocycles. The number of hydrogen-bond donors (Lipinski definition) is 1. The van der Waals surface area contributed by atoms with Gasteiger partial charge in [-0.25, -0.2) is 4.79 Å². The molecule has 0 bridgehead atoms. The van der Waals surface area contributed by atoms with Gasteiger partial charge in [-0.1, -0.05) is 7.43 Å². The van der Waals surface area contributed by atoms with E-state index >= 15 is 0 Å². The minimum atomic E-state index is -3.23. The van der Waals surface area contributed by atoms with Gasteiger partial charge in [-0.15, -0.1) is 0 Å². The summed E-state index contributed by atoms with van der Waals surface area (Å²) in [4.78, 5) is 8.95. The fourth-order valence-electron chi connectivity index (χ4n) is 0. The normalized spacial score (nSPS) is 7.86. The summed E-state index contributed by atoms with van der Waals surface area (Å²) < 4.78 is 21.1. The molecule has 0 aromatic heterocycles. The molecule has 0 aliphatic heterocycles. The zero-order valence-corrected chi connectivity index (χ0v) is 2.69. The Morgan fingerprint density at radius 2 is 1.71 bits per heavy atom. The quantitative estimate of drug-likeness (QED) is 0.548. The Bertz CT molecular complexity index is 62.0. The fraction of sp³-hybridized carbons (Fsp3) is 0.667. The lowest BCUT2D eigenvalue weighted by Gasteiger charge is -1.81. The molecular formula is C3H6F2O2. The highest BCUT2D eigenvalue weighted by atomic mass is 19.3. The third kappa shape index (κ3) is 5.33. The number of carboxylic acid groups (broad SMARTS) is 1. The molecule has 0 amide bonds. The number of halogens is 2. The molecule has 0 rings (SSSR count). The maximum Gasteiger partial charge on any atom is 0.371 e. The molecule has 44 valence electrons. The predicted molar refractivity (Wildman–Crippen MR) is 20.4 cm³/mol. The summed E-state index contributed by atoms with van der Waals surface area (Å²) in [5.41, 5.74) is 0. The average molecular weight is 112 g/mol. The van der Waals surface area contributed by atoms with Crippen molar-refractivity contribution in [2.45, 2.75) is 13.9 Å². The molecular weight excluding hydrogens is 106 g/mol. The highest BCUT2D eigenvalue weighted by Gasteiger charge is 2.10. The van der Waals surface area contributed by atoms with E-state index in [9.17, 15) is 8.78 Å². The van der Waals surface area contributed by atoms with Gasteiger partial charge in [0.1, 0.15) is 0 Å². The highest BCUT2D eigenvalue weighted by molar-refractivity contribution is 5.70. The van der Waals surface area contributed by atoms with Crippen molar-refractivity contribution >= 4 is 5.97 Å². The van der Waals surface area contributed by atoms with E-state index in [0.29, 0.717) is 0 Å². The monoisotopic (exact) mass is 112 g/mol. The maximum absolute atomic E-state index is 10.6. The molecule has 0 aliphatic carbocycles. The largest absolute Gasteiger partial charge is 0.477 e. The molecule has 1 N–H and O–H groups in total. The van der Waals surface area contributed by atoms with Crippen LogP contribution in [0.4, 0.5) is 8.78 Å². The highest BCUT2D eigenvalue weighted by Crippen LogP contribution is 1.87. The zero-order chi connectivity index (χ0) is 5.15. The van der Waals surface area contributed by atoms with Crippen LogP contribution in [0.2, 0.25) is 0 Å². The van der Waals surface area contributed by atoms with Crippen molar-refractivity contribution in [3.8, 4) is 0 Å². The van der Waals surface area contributed by atoms with Gasteiger partial charge < -0.3 is 5.11 Å². The number of carboxylic acids is 1. The molecule has 0 radical (unpaired) electrons. The summed E-state index contributed by atoms with van der Waals surface area (Å²) in [6, 6.07) is 0. The maximum atomic E-state index is 10.6. The second-order valence-corrected chi connectivity index (χ2v) is 0.639. The van der Waals surface area contributed by atoms with Gasteiger partial charge in [0.2, 0.25) is 0 Å². The summed E-state index contributed by atoms with van der Waals surface area (Å²) in [5, 5.41) is 7.24. The standard InChI is InChI=1S/C2H2F2O2.CH4/c3-1(4)2(5)6;/h1H,(H,5,6);1H4. The van der Waals surface area contributed by atoms with Gasteiger partial charge in [0.15, 0.2) is 0 Å². The second-order valence-electron chi connectivity index (χ2n) is 0.639. The smallest absolute Gasteiger partial charge is 0.371 e. The van der Waals surface area contributed by atoms with E-state index in [0.717, 1.165) is 0 Å². The van der Waals surface area contributed by atoms with Crippen LogP contribution >= 0.6 is 0 Å². The summed E-state index contributed by atoms with van der Waals surface area (Å²) in [6.45, 7) is 0. The van der Waals surface area contributed by atoms with Gasteiger partial charge in [-0.3, -0.25) is 0 Å². The molecule has 0 aliphatic rings. The van der Waals surface area contributed by atoms with Crippen molar-refractivity contribution < 1.29 is 18.7 Å². The first-order valence-corrected chi connectivity index (χ1v) is 1.15. The third-order valence-electron chi connectivity index (χ3n) is 0.187. The SMILES string of the molecule is C.O=C(O)C(F)F. The van der Waals surface area contributed by atoms with E-state index in [4.69, 9.17) is 9.90 Å². The molecule has 4 heteroatoms. The van der Waals surface area contributed by atoms with Crippen LogP contribution < -0.4 is 0 Å². The number of alkyl halides is 2. The topological polar surface area (TPSA) is 37.3 Å². The Balaban J connectivity index is 0. The average Bonchev–Trinajstić information content (AvgIpc) is 1.36. The zero-order valence-electron chi connectivity index (χ0n) is 2.69. The van der Waals surface area contributed by atoms with Crippen LogP contribution in [0.5, 0.6) is 0 Å². The van der Waals surface area contributed by atoms with Crippen molar-refractivity contribution in [1.82, 2.24) is 0 Å². The van der Waals surface area contributed by atoms with Gasteiger partial charge in [0.25, 0.3) is 0 Å². The van der Waals surface area contributed by atoms with E-state index in [1.807, 2.05) is 0 Å². The van der Waals surface area contributed by atoms with E-state index in [1.165, 1.54) is 0 Å². The first kappa shape index (κ1) is 9.59. The molecule has 2 nitrogen and oxygen atoms in total. The lowest BCUT2D eigenvalue weighted by molar-refractivity contribution is -0.149. The summed E-state index contributed by atoms with van der Waals surface area (Å²) in [6.07, 6.45) is -3.23. The van der Waals surface area contributed by atoms with Crippen LogP contribution in [0.1, 0.15) is 7.43 Å².